The molecule has 0 bridgehead atoms. The van der Waals surface area contributed by atoms with Crippen molar-refractivity contribution >= 4 is 5.97 Å². The summed E-state index contributed by atoms with van der Waals surface area (Å²) in [4.78, 5) is 12.3. The normalized spacial score (nSPS) is 56.3. The van der Waals surface area contributed by atoms with Gasteiger partial charge in [0.2, 0.25) is 0 Å². The lowest BCUT2D eigenvalue weighted by atomic mass is 9.33. The van der Waals surface area contributed by atoms with Gasteiger partial charge in [-0.15, -0.1) is 0 Å². The van der Waals surface area contributed by atoms with Crippen molar-refractivity contribution in [2.45, 2.75) is 118 Å². The minimum atomic E-state index is -0.867. The van der Waals surface area contributed by atoms with Crippen LogP contribution in [0.1, 0.15) is 106 Å². The minimum Gasteiger partial charge on any atom is -0.481 e. The van der Waals surface area contributed by atoms with E-state index >= 15 is 0 Å². The molecule has 192 valence electrons. The number of fused-ring (bicyclic) bond motifs is 7. The smallest absolute Gasteiger partial charge is 0.309 e. The topological polar surface area (TPSA) is 77.8 Å². The van der Waals surface area contributed by atoms with E-state index in [0.717, 1.165) is 38.5 Å². The maximum absolute atomic E-state index is 12.3. The Kier molecular flexibility index (Phi) is 5.20. The number of carbonyl (C=O) groups is 1. The molecule has 0 aromatic carbocycles. The zero-order valence-corrected chi connectivity index (χ0v) is 22.6. The zero-order valence-electron chi connectivity index (χ0n) is 22.6. The standard InChI is InChI=1S/C30H48O4/c1-25(2)20-10-13-30(7)21(28(20,5)12-11-22(25)31)9-8-18-19-16-26(3,24(33)34)17-23(32)27(19,4)14-15-29(18,30)6/h8,19-23,31-32H,9-17H2,1-7H3,(H,33,34)/t19-,20-,21+,22?,23?,26-,27+,28-,29+,30+/m0/s1. The molecule has 4 saturated carbocycles. The van der Waals surface area contributed by atoms with Crippen LogP contribution in [0.2, 0.25) is 0 Å². The average Bonchev–Trinajstić information content (AvgIpc) is 2.73. The molecule has 0 heterocycles. The monoisotopic (exact) mass is 472 g/mol. The van der Waals surface area contributed by atoms with E-state index in [9.17, 15) is 20.1 Å². The molecule has 2 unspecified atom stereocenters. The Morgan fingerprint density at radius 2 is 1.50 bits per heavy atom. The molecule has 0 radical (unpaired) electrons. The van der Waals surface area contributed by atoms with Gasteiger partial charge in [0.25, 0.3) is 0 Å². The van der Waals surface area contributed by atoms with Crippen LogP contribution in [-0.4, -0.2) is 33.5 Å². The number of hydrogen-bond donors (Lipinski definition) is 3. The van der Waals surface area contributed by atoms with Crippen molar-refractivity contribution in [3.05, 3.63) is 11.6 Å². The summed E-state index contributed by atoms with van der Waals surface area (Å²) < 4.78 is 0. The molecule has 0 saturated heterocycles. The van der Waals surface area contributed by atoms with Crippen LogP contribution in [0.5, 0.6) is 0 Å². The highest BCUT2D eigenvalue weighted by atomic mass is 16.4. The number of rotatable bonds is 1. The highest BCUT2D eigenvalue weighted by Crippen LogP contribution is 2.75. The number of aliphatic carboxylic acids is 1. The summed E-state index contributed by atoms with van der Waals surface area (Å²) in [6.45, 7) is 16.2. The summed E-state index contributed by atoms with van der Waals surface area (Å²) in [6.07, 6.45) is 10.1. The van der Waals surface area contributed by atoms with Crippen LogP contribution >= 0.6 is 0 Å². The number of carboxylic acids is 1. The van der Waals surface area contributed by atoms with E-state index in [2.05, 4.69) is 47.6 Å². The van der Waals surface area contributed by atoms with Gasteiger partial charge in [-0.1, -0.05) is 53.2 Å². The third-order valence-corrected chi connectivity index (χ3v) is 13.4. The Balaban J connectivity index is 1.59. The van der Waals surface area contributed by atoms with Gasteiger partial charge < -0.3 is 15.3 Å². The molecule has 5 rings (SSSR count). The van der Waals surface area contributed by atoms with Crippen LogP contribution in [0.4, 0.5) is 0 Å². The quantitative estimate of drug-likeness (QED) is 0.397. The van der Waals surface area contributed by atoms with Crippen molar-refractivity contribution in [1.29, 1.82) is 0 Å². The van der Waals surface area contributed by atoms with Gasteiger partial charge in [0.15, 0.2) is 0 Å². The average molecular weight is 473 g/mol. The fourth-order valence-electron chi connectivity index (χ4n) is 10.6. The molecule has 5 aliphatic rings. The Hall–Kier alpha value is -0.870. The highest BCUT2D eigenvalue weighted by Gasteiger charge is 2.69. The van der Waals surface area contributed by atoms with Crippen molar-refractivity contribution in [2.75, 3.05) is 0 Å². The van der Waals surface area contributed by atoms with E-state index in [0.29, 0.717) is 24.7 Å². The second-order valence-electron chi connectivity index (χ2n) is 15.0. The van der Waals surface area contributed by atoms with Gasteiger partial charge >= 0.3 is 5.97 Å². The fourth-order valence-corrected chi connectivity index (χ4v) is 10.6. The Morgan fingerprint density at radius 1 is 0.824 bits per heavy atom. The van der Waals surface area contributed by atoms with Crippen molar-refractivity contribution in [1.82, 2.24) is 0 Å². The summed E-state index contributed by atoms with van der Waals surface area (Å²) in [5, 5.41) is 32.2. The lowest BCUT2D eigenvalue weighted by Gasteiger charge is -2.71. The summed E-state index contributed by atoms with van der Waals surface area (Å²) in [7, 11) is 0. The molecular weight excluding hydrogens is 424 g/mol. The third kappa shape index (κ3) is 2.82. The molecule has 0 aliphatic heterocycles. The molecule has 4 fully saturated rings. The predicted octanol–water partition coefficient (Wildman–Crippen LogP) is 6.20. The van der Waals surface area contributed by atoms with Crippen LogP contribution in [0.25, 0.3) is 0 Å². The van der Waals surface area contributed by atoms with E-state index in [-0.39, 0.29) is 39.1 Å². The second-order valence-corrected chi connectivity index (χ2v) is 15.0. The number of aliphatic hydroxyl groups excluding tert-OH is 2. The first kappa shape index (κ1) is 24.8. The first-order valence-corrected chi connectivity index (χ1v) is 13.9. The summed E-state index contributed by atoms with van der Waals surface area (Å²) >= 11 is 0. The summed E-state index contributed by atoms with van der Waals surface area (Å²) in [5.41, 5.74) is 0.706. The van der Waals surface area contributed by atoms with Crippen molar-refractivity contribution in [3.63, 3.8) is 0 Å². The van der Waals surface area contributed by atoms with Crippen LogP contribution < -0.4 is 0 Å². The van der Waals surface area contributed by atoms with Crippen LogP contribution in [0.15, 0.2) is 11.6 Å². The van der Waals surface area contributed by atoms with Gasteiger partial charge in [-0.2, -0.15) is 0 Å². The molecular formula is C30H48O4. The second kappa shape index (κ2) is 7.12. The largest absolute Gasteiger partial charge is 0.481 e. The minimum absolute atomic E-state index is 0.0325. The maximum atomic E-state index is 12.3. The van der Waals surface area contributed by atoms with Crippen LogP contribution in [-0.2, 0) is 4.79 Å². The number of aliphatic hydroxyl groups is 2. The SMILES string of the molecule is CC1(C)C(O)CC[C@]2(C)[C@H]3CC=C4[C@@H]5C[C@](C)(C(=O)O)CC(O)[C@]5(C)CC[C@@]4(C)[C@]3(C)CC[C@@H]12. The zero-order chi connectivity index (χ0) is 25.1. The molecule has 3 N–H and O–H groups in total. The molecule has 0 spiro atoms. The molecule has 0 amide bonds. The van der Waals surface area contributed by atoms with Gasteiger partial charge in [0, 0.05) is 5.41 Å². The van der Waals surface area contributed by atoms with Gasteiger partial charge in [-0.25, -0.2) is 0 Å². The van der Waals surface area contributed by atoms with Gasteiger partial charge in [0.1, 0.15) is 0 Å². The molecule has 0 aromatic rings. The third-order valence-electron chi connectivity index (χ3n) is 13.4. The van der Waals surface area contributed by atoms with Gasteiger partial charge in [-0.3, -0.25) is 4.79 Å². The van der Waals surface area contributed by atoms with E-state index in [1.54, 1.807) is 0 Å². The van der Waals surface area contributed by atoms with Gasteiger partial charge in [0.05, 0.1) is 17.6 Å². The first-order valence-electron chi connectivity index (χ1n) is 13.9. The Bertz CT molecular complexity index is 923. The Labute approximate surface area is 206 Å². The van der Waals surface area contributed by atoms with Gasteiger partial charge in [-0.05, 0) is 104 Å². The molecule has 5 aliphatic carbocycles. The van der Waals surface area contributed by atoms with Crippen LogP contribution in [0, 0.1) is 50.2 Å². The Morgan fingerprint density at radius 3 is 2.15 bits per heavy atom. The highest BCUT2D eigenvalue weighted by molar-refractivity contribution is 5.74. The lowest BCUT2D eigenvalue weighted by molar-refractivity contribution is -0.208. The van der Waals surface area contributed by atoms with E-state index in [4.69, 9.17) is 0 Å². The van der Waals surface area contributed by atoms with E-state index in [1.165, 1.54) is 12.0 Å². The van der Waals surface area contributed by atoms with Crippen LogP contribution in [0.3, 0.4) is 0 Å². The first-order chi connectivity index (χ1) is 15.6. The number of allylic oxidation sites excluding steroid dienone is 2. The van der Waals surface area contributed by atoms with E-state index in [1.807, 2.05) is 6.92 Å². The molecule has 34 heavy (non-hydrogen) atoms. The van der Waals surface area contributed by atoms with E-state index < -0.39 is 17.5 Å². The number of hydrogen-bond acceptors (Lipinski definition) is 3. The predicted molar refractivity (Wildman–Crippen MR) is 134 cm³/mol. The molecule has 10 atom stereocenters. The molecule has 4 nitrogen and oxygen atoms in total. The lowest BCUT2D eigenvalue weighted by Crippen LogP contribution is -2.65. The summed E-state index contributed by atoms with van der Waals surface area (Å²) in [6, 6.07) is 0. The summed E-state index contributed by atoms with van der Waals surface area (Å²) in [5.74, 6) is 0.463. The van der Waals surface area contributed by atoms with Crippen molar-refractivity contribution < 1.29 is 20.1 Å². The van der Waals surface area contributed by atoms with Crippen molar-refractivity contribution in [3.8, 4) is 0 Å². The number of carboxylic acid groups (broad SMARTS) is 1. The molecule has 0 aromatic heterocycles. The fraction of sp³-hybridized carbons (Fsp3) is 0.900. The maximum Gasteiger partial charge on any atom is 0.309 e. The van der Waals surface area contributed by atoms with Crippen molar-refractivity contribution in [2.24, 2.45) is 50.2 Å². The molecule has 4 heteroatoms.